The molecule has 3 rings (SSSR count). The highest BCUT2D eigenvalue weighted by Crippen LogP contribution is 2.23. The number of hydrogen-bond acceptors (Lipinski definition) is 4. The number of carbonyl (C=O) groups excluding carboxylic acids is 2. The van der Waals surface area contributed by atoms with Crippen LogP contribution in [0, 0.1) is 6.92 Å². The summed E-state index contributed by atoms with van der Waals surface area (Å²) in [6.45, 7) is 8.20. The zero-order chi connectivity index (χ0) is 26.1. The fourth-order valence-corrected chi connectivity index (χ4v) is 4.62. The number of nitrogens with one attached hydrogen (secondary N) is 1. The molecule has 2 amide bonds. The van der Waals surface area contributed by atoms with Crippen LogP contribution in [-0.2, 0) is 22.6 Å². The van der Waals surface area contributed by atoms with Crippen LogP contribution in [0.25, 0.3) is 0 Å². The summed E-state index contributed by atoms with van der Waals surface area (Å²) < 4.78 is 5.39. The van der Waals surface area contributed by atoms with Crippen LogP contribution in [0.4, 0.5) is 0 Å². The molecule has 0 aromatic heterocycles. The van der Waals surface area contributed by atoms with Gasteiger partial charge in [-0.1, -0.05) is 60.2 Å². The molecular formula is C30H36N2O3S. The molecule has 0 aliphatic rings. The second kappa shape index (κ2) is 12.6. The quantitative estimate of drug-likeness (QED) is 0.363. The summed E-state index contributed by atoms with van der Waals surface area (Å²) in [6, 6.07) is 24.9. The lowest BCUT2D eigenvalue weighted by Crippen LogP contribution is -2.54. The topological polar surface area (TPSA) is 58.6 Å². The van der Waals surface area contributed by atoms with Gasteiger partial charge in [0, 0.05) is 23.4 Å². The standard InChI is InChI=1S/C30H36N2O3S/c1-22-14-16-26(17-15-22)36-21-28(33)32(20-24-12-9-13-25(18-24)35-5)27(29(34)31-30(2,3)4)19-23-10-7-6-8-11-23/h6-18,27H,19-21H2,1-5H3,(H,31,34)/t27-/m0/s1. The van der Waals surface area contributed by atoms with E-state index in [1.165, 1.54) is 17.3 Å². The van der Waals surface area contributed by atoms with Crippen molar-refractivity contribution in [3.63, 3.8) is 0 Å². The van der Waals surface area contributed by atoms with Crippen molar-refractivity contribution in [1.82, 2.24) is 10.2 Å². The van der Waals surface area contributed by atoms with Crippen LogP contribution in [0.3, 0.4) is 0 Å². The minimum atomic E-state index is -0.663. The number of aryl methyl sites for hydroxylation is 1. The Bertz CT molecular complexity index is 1140. The predicted molar refractivity (Wildman–Crippen MR) is 147 cm³/mol. The van der Waals surface area contributed by atoms with Gasteiger partial charge in [-0.15, -0.1) is 11.8 Å². The highest BCUT2D eigenvalue weighted by atomic mass is 32.2. The van der Waals surface area contributed by atoms with E-state index in [4.69, 9.17) is 4.74 Å². The Hall–Kier alpha value is -3.25. The summed E-state index contributed by atoms with van der Waals surface area (Å²) in [5.41, 5.74) is 2.66. The van der Waals surface area contributed by atoms with Crippen molar-refractivity contribution in [2.24, 2.45) is 0 Å². The van der Waals surface area contributed by atoms with Gasteiger partial charge >= 0.3 is 0 Å². The van der Waals surface area contributed by atoms with Crippen LogP contribution in [-0.4, -0.2) is 41.2 Å². The summed E-state index contributed by atoms with van der Waals surface area (Å²) in [7, 11) is 1.62. The fourth-order valence-electron chi connectivity index (χ4n) is 3.84. The maximum atomic E-state index is 13.7. The first-order valence-corrected chi connectivity index (χ1v) is 13.1. The summed E-state index contributed by atoms with van der Waals surface area (Å²) in [5, 5.41) is 3.10. The van der Waals surface area contributed by atoms with Crippen molar-refractivity contribution in [3.8, 4) is 5.75 Å². The highest BCUT2D eigenvalue weighted by Gasteiger charge is 2.32. The summed E-state index contributed by atoms with van der Waals surface area (Å²) >= 11 is 1.48. The molecule has 0 radical (unpaired) electrons. The van der Waals surface area contributed by atoms with Crippen LogP contribution in [0.1, 0.15) is 37.5 Å². The second-order valence-corrected chi connectivity index (χ2v) is 11.0. The van der Waals surface area contributed by atoms with Crippen LogP contribution in [0.2, 0.25) is 0 Å². The van der Waals surface area contributed by atoms with Gasteiger partial charge in [-0.05, 0) is 63.1 Å². The van der Waals surface area contributed by atoms with E-state index in [2.05, 4.69) is 5.32 Å². The Kier molecular flexibility index (Phi) is 9.59. The third-order valence-electron chi connectivity index (χ3n) is 5.64. The average molecular weight is 505 g/mol. The number of thioether (sulfide) groups is 1. The van der Waals surface area contributed by atoms with Gasteiger partial charge in [0.05, 0.1) is 12.9 Å². The largest absolute Gasteiger partial charge is 0.497 e. The molecule has 5 nitrogen and oxygen atoms in total. The van der Waals surface area contributed by atoms with Crippen molar-refractivity contribution in [3.05, 3.63) is 95.6 Å². The van der Waals surface area contributed by atoms with Crippen molar-refractivity contribution in [1.29, 1.82) is 0 Å². The molecule has 0 aliphatic carbocycles. The lowest BCUT2D eigenvalue weighted by molar-refractivity contribution is -0.140. The van der Waals surface area contributed by atoms with E-state index in [0.717, 1.165) is 16.0 Å². The van der Waals surface area contributed by atoms with Gasteiger partial charge in [-0.2, -0.15) is 0 Å². The Morgan fingerprint density at radius 3 is 2.25 bits per heavy atom. The normalized spacial score (nSPS) is 12.0. The minimum Gasteiger partial charge on any atom is -0.497 e. The van der Waals surface area contributed by atoms with Gasteiger partial charge < -0.3 is 15.0 Å². The molecular weight excluding hydrogens is 468 g/mol. The van der Waals surface area contributed by atoms with Crippen molar-refractivity contribution in [2.75, 3.05) is 12.9 Å². The van der Waals surface area contributed by atoms with Crippen molar-refractivity contribution >= 4 is 23.6 Å². The van der Waals surface area contributed by atoms with E-state index in [1.807, 2.05) is 107 Å². The molecule has 0 fully saturated rings. The van der Waals surface area contributed by atoms with E-state index < -0.39 is 11.6 Å². The van der Waals surface area contributed by atoms with Gasteiger partial charge in [0.15, 0.2) is 0 Å². The van der Waals surface area contributed by atoms with E-state index in [1.54, 1.807) is 12.0 Å². The number of amides is 2. The first kappa shape index (κ1) is 27.3. The highest BCUT2D eigenvalue weighted by molar-refractivity contribution is 8.00. The lowest BCUT2D eigenvalue weighted by atomic mass is 10.0. The molecule has 0 heterocycles. The van der Waals surface area contributed by atoms with Crippen LogP contribution in [0.15, 0.2) is 83.8 Å². The first-order chi connectivity index (χ1) is 17.1. The maximum Gasteiger partial charge on any atom is 0.243 e. The lowest BCUT2D eigenvalue weighted by Gasteiger charge is -2.34. The Balaban J connectivity index is 1.93. The number of ether oxygens (including phenoxy) is 1. The first-order valence-electron chi connectivity index (χ1n) is 12.1. The number of hydrogen-bond donors (Lipinski definition) is 1. The number of rotatable bonds is 10. The molecule has 3 aromatic rings. The van der Waals surface area contributed by atoms with E-state index >= 15 is 0 Å². The molecule has 1 N–H and O–H groups in total. The smallest absolute Gasteiger partial charge is 0.243 e. The zero-order valence-electron chi connectivity index (χ0n) is 21.8. The van der Waals surface area contributed by atoms with Crippen molar-refractivity contribution in [2.45, 2.75) is 57.1 Å². The van der Waals surface area contributed by atoms with Crippen LogP contribution in [0.5, 0.6) is 5.75 Å². The summed E-state index contributed by atoms with van der Waals surface area (Å²) in [4.78, 5) is 30.1. The van der Waals surface area contributed by atoms with E-state index in [9.17, 15) is 9.59 Å². The molecule has 0 unspecified atom stereocenters. The Morgan fingerprint density at radius 2 is 1.61 bits per heavy atom. The van der Waals surface area contributed by atoms with Gasteiger partial charge in [0.2, 0.25) is 11.8 Å². The summed E-state index contributed by atoms with van der Waals surface area (Å²) in [5.74, 6) is 0.699. The van der Waals surface area contributed by atoms with E-state index in [-0.39, 0.29) is 17.6 Å². The minimum absolute atomic E-state index is 0.0895. The van der Waals surface area contributed by atoms with Gasteiger partial charge in [-0.25, -0.2) is 0 Å². The molecule has 0 saturated heterocycles. The molecule has 3 aromatic carbocycles. The number of nitrogens with zero attached hydrogens (tertiary/aromatic N) is 1. The predicted octanol–water partition coefficient (Wildman–Crippen LogP) is 5.65. The molecule has 0 bridgehead atoms. The van der Waals surface area contributed by atoms with Crippen molar-refractivity contribution < 1.29 is 14.3 Å². The fraction of sp³-hybridized carbons (Fsp3) is 0.333. The molecule has 0 aliphatic heterocycles. The monoisotopic (exact) mass is 504 g/mol. The summed E-state index contributed by atoms with van der Waals surface area (Å²) in [6.07, 6.45) is 0.424. The molecule has 1 atom stereocenters. The number of carbonyl (C=O) groups is 2. The van der Waals surface area contributed by atoms with E-state index in [0.29, 0.717) is 18.7 Å². The SMILES string of the molecule is COc1cccc(CN(C(=O)CSc2ccc(C)cc2)[C@@H](Cc2ccccc2)C(=O)NC(C)(C)C)c1. The number of benzene rings is 3. The average Bonchev–Trinajstić information content (AvgIpc) is 2.85. The molecule has 36 heavy (non-hydrogen) atoms. The van der Waals surface area contributed by atoms with Gasteiger partial charge in [-0.3, -0.25) is 9.59 Å². The third-order valence-corrected chi connectivity index (χ3v) is 6.64. The Morgan fingerprint density at radius 1 is 0.944 bits per heavy atom. The molecule has 0 saturated carbocycles. The van der Waals surface area contributed by atoms with Crippen LogP contribution < -0.4 is 10.1 Å². The van der Waals surface area contributed by atoms with Crippen LogP contribution >= 0.6 is 11.8 Å². The van der Waals surface area contributed by atoms with Gasteiger partial charge in [0.25, 0.3) is 0 Å². The molecule has 190 valence electrons. The van der Waals surface area contributed by atoms with Gasteiger partial charge in [0.1, 0.15) is 11.8 Å². The molecule has 0 spiro atoms. The third kappa shape index (κ3) is 8.45. The second-order valence-electron chi connectivity index (χ2n) is 9.92. The Labute approximate surface area is 219 Å². The zero-order valence-corrected chi connectivity index (χ0v) is 22.6. The molecule has 6 heteroatoms. The maximum absolute atomic E-state index is 13.7. The number of methoxy groups -OCH3 is 1.